The number of unbranched alkanes of at least 4 members (excludes halogenated alkanes) is 75. The first kappa shape index (κ1) is 148. The number of hydrogen-bond donors (Lipinski definition) is 0. The third kappa shape index (κ3) is 114. The van der Waals surface area contributed by atoms with Crippen molar-refractivity contribution in [3.05, 3.63) is 102 Å². The van der Waals surface area contributed by atoms with Gasteiger partial charge in [-0.05, 0) is 64.2 Å². The fourth-order valence-corrected chi connectivity index (χ4v) is 24.1. The molecule has 0 amide bonds. The predicted octanol–water partition coefficient (Wildman–Crippen LogP) is 28.8. The smallest absolute Gasteiger partial charge is 1.00 e. The second-order valence-corrected chi connectivity index (χ2v) is 51.0. The van der Waals surface area contributed by atoms with Gasteiger partial charge in [-0.25, -0.2) is 75.2 Å². The molecule has 5 rings (SSSR count). The predicted molar refractivity (Wildman–Crippen MR) is 626 cm³/mol. The summed E-state index contributed by atoms with van der Waals surface area (Å²) in [6, 6.07) is 0. The summed E-state index contributed by atoms with van der Waals surface area (Å²) in [5.41, 5.74) is 0. The van der Waals surface area contributed by atoms with Crippen LogP contribution in [0.15, 0.2) is 93.6 Å². The van der Waals surface area contributed by atoms with Crippen LogP contribution in [-0.4, -0.2) is 97.2 Å². The summed E-state index contributed by atoms with van der Waals surface area (Å²) < 4.78 is 107. The minimum Gasteiger partial charge on any atom is -1.00 e. The van der Waals surface area contributed by atoms with E-state index in [9.17, 15) is 33.7 Å². The Morgan fingerprint density at radius 3 is 0.473 bits per heavy atom. The van der Waals surface area contributed by atoms with Crippen LogP contribution in [0.1, 0.15) is 568 Å². The van der Waals surface area contributed by atoms with Gasteiger partial charge in [0.1, 0.15) is 49.6 Å². The van der Waals surface area contributed by atoms with E-state index in [0.29, 0.717) is 25.0 Å². The van der Waals surface area contributed by atoms with E-state index in [2.05, 4.69) is 202 Å². The topological polar surface area (TPSA) is 218 Å². The van der Waals surface area contributed by atoms with Crippen molar-refractivity contribution < 1.29 is 87.8 Å². The van der Waals surface area contributed by atoms with Gasteiger partial charge >= 0.3 is 18.9 Å². The minimum atomic E-state index is -3.74. The van der Waals surface area contributed by atoms with Gasteiger partial charge in [0.25, 0.3) is 0 Å². The summed E-state index contributed by atoms with van der Waals surface area (Å²) >= 11 is 6.56. The third-order valence-corrected chi connectivity index (χ3v) is 32.8. The molecule has 0 radical (unpaired) electrons. The van der Waals surface area contributed by atoms with Crippen LogP contribution < -0.4 is 54.1 Å². The fraction of sp³-hybridized carbons (Fsp3) is 0.873. The standard InChI is InChI=1S/2C45H86N4.C21H40N2.C3H6Br2.2C2H6NO4S2.BrH.Li/c2*1-3-5-7-9-11-13-15-17-19-21-23-25-27-29-31-33-36-46-40-42-48(44-46)38-35-39-49-43-41-47(45-49)37-34-32-30-28-26-24-22-20-18-16-14-12-10-8-6-4-2;1-2-3-4-5-6-7-8-9-10-11-12-13-14-15-16-17-19-23-20-18-22-21-23;4-2-1-3-5;2*1-8(4,5)3-9(2,6)7;;/h2*40-45H,3-39H2,1-2H3;18,20-21H,2-17,19H2,1H3;1-3H2;2*1-2H3;1H;/q2*+2;;;2*-1;;+1/p-1. The molecule has 5 aromatic rings. The number of imidazole rings is 5. The van der Waals surface area contributed by atoms with Crippen molar-refractivity contribution in [2.75, 3.05) is 35.7 Å². The monoisotopic (exact) mass is 2320 g/mol. The molecule has 854 valence electrons. The zero-order chi connectivity index (χ0) is 105. The fourth-order valence-electron chi connectivity index (χ4n) is 18.9. The molecule has 0 spiro atoms. The van der Waals surface area contributed by atoms with Crippen LogP contribution in [0.3, 0.4) is 0 Å². The maximum atomic E-state index is 10.1. The maximum Gasteiger partial charge on any atom is 1.00 e. The summed E-state index contributed by atoms with van der Waals surface area (Å²) in [6.45, 7) is 21.7. The first-order valence-electron chi connectivity index (χ1n) is 60.4. The van der Waals surface area contributed by atoms with Crippen LogP contribution in [0.2, 0.25) is 0 Å². The van der Waals surface area contributed by atoms with Crippen LogP contribution in [0, 0.1) is 0 Å². The van der Waals surface area contributed by atoms with E-state index in [1.807, 2.05) is 12.5 Å². The van der Waals surface area contributed by atoms with Crippen LogP contribution in [0.5, 0.6) is 0 Å². The van der Waals surface area contributed by atoms with Gasteiger partial charge in [0.2, 0.25) is 25.3 Å². The molecule has 28 heteroatoms. The van der Waals surface area contributed by atoms with Crippen molar-refractivity contribution >= 4 is 72.0 Å². The van der Waals surface area contributed by atoms with Gasteiger partial charge in [-0.1, -0.05) is 522 Å². The number of rotatable bonds is 99. The van der Waals surface area contributed by atoms with E-state index in [4.69, 9.17) is 0 Å². The Kier molecular flexibility index (Phi) is 113. The second-order valence-electron chi connectivity index (χ2n) is 42.4. The van der Waals surface area contributed by atoms with Crippen LogP contribution in [0.4, 0.5) is 0 Å². The number of nitrogens with zero attached hydrogens (tertiary/aromatic N) is 12. The number of aromatic nitrogens is 10. The number of halogens is 3. The van der Waals surface area contributed by atoms with Gasteiger partial charge in [-0.15, -0.1) is 0 Å². The van der Waals surface area contributed by atoms with E-state index in [1.54, 1.807) is 0 Å². The van der Waals surface area contributed by atoms with Crippen molar-refractivity contribution in [2.45, 2.75) is 626 Å². The molecule has 5 aromatic heterocycles. The SMILES string of the molecule is BrCCCBr.CCCCCCCCCCCCCCCCCCn1cc[n+](CCC[n+]2ccn(CCCCCCCCCCCCCCCCCC)c2)c1.CCCCCCCCCCCCCCCCCCn1cc[n+](CCC[n+]2ccn(CCCCCCCCCCCCCCCCCC)c2)c1.CCCCCCCCCCCCCCCCCCn1ccnc1.CS(=O)(=O)[N-]S(C)(=O)=O.CS(=O)(=O)[N-]S(C)(=O)=O.[Br-].[Li+]. The summed E-state index contributed by atoms with van der Waals surface area (Å²) in [7, 11) is -15.0. The summed E-state index contributed by atoms with van der Waals surface area (Å²) in [5, 5.41) is 2.22. The number of sulfonamides is 4. The zero-order valence-corrected chi connectivity index (χ0v) is 105. The van der Waals surface area contributed by atoms with Gasteiger partial charge in [0.15, 0.2) is 0 Å². The molecule has 146 heavy (non-hydrogen) atoms. The molecule has 0 unspecified atom stereocenters. The van der Waals surface area contributed by atoms with Gasteiger partial charge in [-0.3, -0.25) is 0 Å². The van der Waals surface area contributed by atoms with Crippen molar-refractivity contribution in [3.63, 3.8) is 0 Å². The molecule has 0 bridgehead atoms. The Labute approximate surface area is 943 Å². The third-order valence-electron chi connectivity index (χ3n) is 27.4. The van der Waals surface area contributed by atoms with Crippen LogP contribution >= 0.6 is 31.9 Å². The zero-order valence-electron chi connectivity index (χ0n) is 96.5. The van der Waals surface area contributed by atoms with Crippen molar-refractivity contribution in [1.82, 2.24) is 27.8 Å². The Bertz CT molecular complexity index is 3510. The first-order valence-corrected chi connectivity index (χ1v) is 70.1. The number of alkyl halides is 2. The molecule has 0 aliphatic carbocycles. The number of aryl methyl sites for hydroxylation is 9. The van der Waals surface area contributed by atoms with E-state index in [0.717, 1.165) is 43.4 Å². The molecule has 0 saturated heterocycles. The normalized spacial score (nSPS) is 11.5. The molecule has 0 atom stereocenters. The Balaban J connectivity index is -0.00000195. The molecule has 0 saturated carbocycles. The van der Waals surface area contributed by atoms with Gasteiger partial charge in [0, 0.05) is 67.5 Å². The van der Waals surface area contributed by atoms with E-state index in [-0.39, 0.29) is 35.8 Å². The van der Waals surface area contributed by atoms with Crippen molar-refractivity contribution in [2.24, 2.45) is 0 Å². The summed E-state index contributed by atoms with van der Waals surface area (Å²) in [4.78, 5) is 4.08. The second kappa shape index (κ2) is 111. The van der Waals surface area contributed by atoms with Crippen molar-refractivity contribution in [1.29, 1.82) is 0 Å². The first-order chi connectivity index (χ1) is 69.9. The van der Waals surface area contributed by atoms with E-state index < -0.39 is 40.1 Å². The molecule has 5 heterocycles. The molecule has 0 aliphatic heterocycles. The maximum absolute atomic E-state index is 10.1. The van der Waals surface area contributed by atoms with Gasteiger partial charge < -0.3 is 29.8 Å². The largest absolute Gasteiger partial charge is 1.00 e. The summed E-state index contributed by atoms with van der Waals surface area (Å²) in [6.07, 6.45) is 155. The summed E-state index contributed by atoms with van der Waals surface area (Å²) in [5.74, 6) is 0. The molecular weight excluding hydrogens is 2090 g/mol. The molecule has 20 nitrogen and oxygen atoms in total. The number of hydrogen-bond acceptors (Lipinski definition) is 9. The van der Waals surface area contributed by atoms with Crippen LogP contribution in [-0.2, 0) is 99.0 Å². The molecule has 0 N–H and O–H groups in total. The molecule has 0 fully saturated rings. The Morgan fingerprint density at radius 1 is 0.212 bits per heavy atom. The average Bonchev–Trinajstić information content (AvgIpc) is 1.86. The van der Waals surface area contributed by atoms with E-state index >= 15 is 0 Å². The minimum absolute atomic E-state index is 0. The Morgan fingerprint density at radius 2 is 0.356 bits per heavy atom. The average molecular weight is 2320 g/mol. The van der Waals surface area contributed by atoms with E-state index in [1.165, 1.54) is 559 Å². The molecule has 0 aliphatic rings. The van der Waals surface area contributed by atoms with Gasteiger partial charge in [-0.2, -0.15) is 0 Å². The molecular formula is C118H230Br3LiN12O8S4+2. The Hall–Kier alpha value is -2.19. The van der Waals surface area contributed by atoms with Crippen LogP contribution in [0.25, 0.3) is 8.25 Å². The quantitative estimate of drug-likeness (QED) is 0.0156. The van der Waals surface area contributed by atoms with Crippen molar-refractivity contribution in [3.8, 4) is 0 Å². The van der Waals surface area contributed by atoms with Gasteiger partial charge in [0.05, 0.1) is 98.8 Å². The molecule has 0 aromatic carbocycles.